The van der Waals surface area contributed by atoms with Crippen LogP contribution in [0.4, 0.5) is 5.69 Å². The van der Waals surface area contributed by atoms with E-state index in [-0.39, 0.29) is 5.91 Å². The molecule has 110 valence electrons. The van der Waals surface area contributed by atoms with Crippen molar-refractivity contribution in [2.45, 2.75) is 25.3 Å². The number of carbonyl (C=O) groups is 1. The fourth-order valence-electron chi connectivity index (χ4n) is 2.61. The number of hydrogen-bond acceptors (Lipinski definition) is 4. The minimum Gasteiger partial charge on any atom is -0.368 e. The van der Waals surface area contributed by atoms with Gasteiger partial charge in [0, 0.05) is 55.8 Å². The summed E-state index contributed by atoms with van der Waals surface area (Å²) < 4.78 is 0. The van der Waals surface area contributed by atoms with E-state index >= 15 is 0 Å². The highest BCUT2D eigenvalue weighted by molar-refractivity contribution is 7.99. The normalized spacial score (nSPS) is 15.6. The molecule has 1 aliphatic heterocycles. The fourth-order valence-corrected chi connectivity index (χ4v) is 3.46. The maximum atomic E-state index is 11.4. The van der Waals surface area contributed by atoms with Crippen molar-refractivity contribution in [1.82, 2.24) is 4.90 Å². The van der Waals surface area contributed by atoms with Crippen LogP contribution in [0.5, 0.6) is 0 Å². The molecule has 1 amide bonds. The van der Waals surface area contributed by atoms with Crippen molar-refractivity contribution < 1.29 is 4.79 Å². The van der Waals surface area contributed by atoms with Gasteiger partial charge in [0.05, 0.1) is 0 Å². The summed E-state index contributed by atoms with van der Waals surface area (Å²) in [5.41, 5.74) is 8.42. The second-order valence-electron chi connectivity index (χ2n) is 4.88. The molecule has 1 aromatic rings. The summed E-state index contributed by atoms with van der Waals surface area (Å²) in [6, 6.07) is 6.39. The fraction of sp³-hybridized carbons (Fsp3) is 0.533. The Balaban J connectivity index is 2.17. The number of thioether (sulfide) groups is 1. The molecule has 0 radical (unpaired) electrons. The highest BCUT2D eigenvalue weighted by atomic mass is 32.2. The molecule has 0 aliphatic carbocycles. The van der Waals surface area contributed by atoms with Crippen molar-refractivity contribution in [3.8, 4) is 0 Å². The van der Waals surface area contributed by atoms with Crippen molar-refractivity contribution >= 4 is 23.4 Å². The third-order valence-corrected chi connectivity index (χ3v) is 4.66. The van der Waals surface area contributed by atoms with Gasteiger partial charge in [-0.2, -0.15) is 0 Å². The molecule has 0 atom stereocenters. The van der Waals surface area contributed by atoms with Gasteiger partial charge < -0.3 is 15.5 Å². The Morgan fingerprint density at radius 2 is 2.00 bits per heavy atom. The first-order valence-corrected chi connectivity index (χ1v) is 8.11. The smallest absolute Gasteiger partial charge is 0.219 e. The summed E-state index contributed by atoms with van der Waals surface area (Å²) in [5.74, 6) is 1.22. The molecular formula is C15H23N3OS. The Kier molecular flexibility index (Phi) is 5.31. The molecule has 0 aromatic heterocycles. The van der Waals surface area contributed by atoms with Crippen LogP contribution in [-0.4, -0.2) is 42.7 Å². The Hall–Kier alpha value is -1.20. The average Bonchev–Trinajstić information content (AvgIpc) is 2.47. The van der Waals surface area contributed by atoms with Gasteiger partial charge in [-0.05, 0) is 17.9 Å². The number of amides is 1. The maximum absolute atomic E-state index is 11.4. The van der Waals surface area contributed by atoms with E-state index in [0.717, 1.165) is 31.9 Å². The van der Waals surface area contributed by atoms with Crippen LogP contribution in [-0.2, 0) is 11.3 Å². The number of piperazine rings is 1. The quantitative estimate of drug-likeness (QED) is 0.862. The van der Waals surface area contributed by atoms with Crippen LogP contribution in [0.3, 0.4) is 0 Å². The number of nitrogens with two attached hydrogens (primary N) is 1. The van der Waals surface area contributed by atoms with E-state index in [4.69, 9.17) is 5.73 Å². The molecular weight excluding hydrogens is 270 g/mol. The van der Waals surface area contributed by atoms with Gasteiger partial charge >= 0.3 is 0 Å². The summed E-state index contributed by atoms with van der Waals surface area (Å²) in [4.78, 5) is 16.9. The number of nitrogens with zero attached hydrogens (tertiary/aromatic N) is 2. The van der Waals surface area contributed by atoms with Crippen molar-refractivity contribution in [1.29, 1.82) is 0 Å². The lowest BCUT2D eigenvalue weighted by Crippen LogP contribution is -2.48. The van der Waals surface area contributed by atoms with Crippen LogP contribution in [0.2, 0.25) is 0 Å². The highest BCUT2D eigenvalue weighted by Gasteiger charge is 2.21. The molecule has 2 rings (SSSR count). The minimum atomic E-state index is 0.166. The summed E-state index contributed by atoms with van der Waals surface area (Å²) in [6.07, 6.45) is 0. The second kappa shape index (κ2) is 6.99. The van der Waals surface area contributed by atoms with E-state index in [9.17, 15) is 4.79 Å². The van der Waals surface area contributed by atoms with Gasteiger partial charge in [0.1, 0.15) is 0 Å². The first kappa shape index (κ1) is 15.2. The number of rotatable bonds is 4. The lowest BCUT2D eigenvalue weighted by Gasteiger charge is -2.36. The van der Waals surface area contributed by atoms with Crippen LogP contribution in [0, 0.1) is 0 Å². The Bertz CT molecular complexity index is 470. The van der Waals surface area contributed by atoms with Gasteiger partial charge in [-0.3, -0.25) is 4.79 Å². The van der Waals surface area contributed by atoms with Gasteiger partial charge in [0.25, 0.3) is 0 Å². The summed E-state index contributed by atoms with van der Waals surface area (Å²) in [5, 5.41) is 0. The van der Waals surface area contributed by atoms with Crippen molar-refractivity contribution in [3.63, 3.8) is 0 Å². The van der Waals surface area contributed by atoms with E-state index in [1.54, 1.807) is 6.92 Å². The SMILES string of the molecule is CCSc1cccc(N2CCN(C(C)=O)CC2)c1CN. The van der Waals surface area contributed by atoms with Gasteiger partial charge in [-0.25, -0.2) is 0 Å². The second-order valence-corrected chi connectivity index (χ2v) is 6.19. The minimum absolute atomic E-state index is 0.166. The van der Waals surface area contributed by atoms with Crippen molar-refractivity contribution in [3.05, 3.63) is 23.8 Å². The van der Waals surface area contributed by atoms with Crippen LogP contribution < -0.4 is 10.6 Å². The molecule has 0 unspecified atom stereocenters. The van der Waals surface area contributed by atoms with Gasteiger partial charge in [0.2, 0.25) is 5.91 Å². The lowest BCUT2D eigenvalue weighted by molar-refractivity contribution is -0.129. The predicted molar refractivity (Wildman–Crippen MR) is 85.2 cm³/mol. The molecule has 5 heteroatoms. The third kappa shape index (κ3) is 3.27. The van der Waals surface area contributed by atoms with Crippen LogP contribution in [0.1, 0.15) is 19.4 Å². The maximum Gasteiger partial charge on any atom is 0.219 e. The Morgan fingerprint density at radius 3 is 2.55 bits per heavy atom. The van der Waals surface area contributed by atoms with E-state index in [1.807, 2.05) is 16.7 Å². The molecule has 1 aromatic carbocycles. The first-order chi connectivity index (χ1) is 9.67. The van der Waals surface area contributed by atoms with Crippen LogP contribution in [0.15, 0.2) is 23.1 Å². The summed E-state index contributed by atoms with van der Waals surface area (Å²) in [7, 11) is 0. The van der Waals surface area contributed by atoms with Crippen LogP contribution in [0.25, 0.3) is 0 Å². The number of benzene rings is 1. The van der Waals surface area contributed by atoms with E-state index in [1.165, 1.54) is 16.1 Å². The lowest BCUT2D eigenvalue weighted by atomic mass is 10.1. The molecule has 0 bridgehead atoms. The zero-order chi connectivity index (χ0) is 14.5. The summed E-state index contributed by atoms with van der Waals surface area (Å²) in [6.45, 7) is 7.71. The third-order valence-electron chi connectivity index (χ3n) is 3.68. The standard InChI is InChI=1S/C15H23N3OS/c1-3-20-15-6-4-5-14(13(15)11-16)18-9-7-17(8-10-18)12(2)19/h4-6H,3,7-11,16H2,1-2H3. The van der Waals surface area contributed by atoms with Crippen LogP contribution >= 0.6 is 11.8 Å². The molecule has 20 heavy (non-hydrogen) atoms. The van der Waals surface area contributed by atoms with Gasteiger partial charge in [-0.15, -0.1) is 11.8 Å². The van der Waals surface area contributed by atoms with Crippen molar-refractivity contribution in [2.75, 3.05) is 36.8 Å². The molecule has 2 N–H and O–H groups in total. The molecule has 4 nitrogen and oxygen atoms in total. The molecule has 1 heterocycles. The van der Waals surface area contributed by atoms with Crippen molar-refractivity contribution in [2.24, 2.45) is 5.73 Å². The molecule has 1 aliphatic rings. The van der Waals surface area contributed by atoms with Gasteiger partial charge in [-0.1, -0.05) is 13.0 Å². The predicted octanol–water partition coefficient (Wildman–Crippen LogP) is 1.93. The van der Waals surface area contributed by atoms with E-state index in [2.05, 4.69) is 30.0 Å². The number of carbonyl (C=O) groups excluding carboxylic acids is 1. The number of hydrogen-bond donors (Lipinski definition) is 1. The monoisotopic (exact) mass is 293 g/mol. The van der Waals surface area contributed by atoms with Gasteiger partial charge in [0.15, 0.2) is 0 Å². The summed E-state index contributed by atoms with van der Waals surface area (Å²) >= 11 is 1.84. The topological polar surface area (TPSA) is 49.6 Å². The average molecular weight is 293 g/mol. The Morgan fingerprint density at radius 1 is 1.30 bits per heavy atom. The van der Waals surface area contributed by atoms with E-state index < -0.39 is 0 Å². The molecule has 1 saturated heterocycles. The Labute approximate surface area is 125 Å². The molecule has 1 fully saturated rings. The number of anilines is 1. The molecule has 0 spiro atoms. The largest absolute Gasteiger partial charge is 0.368 e. The zero-order valence-electron chi connectivity index (χ0n) is 12.3. The molecule has 0 saturated carbocycles. The van der Waals surface area contributed by atoms with E-state index in [0.29, 0.717) is 6.54 Å². The first-order valence-electron chi connectivity index (χ1n) is 7.12. The zero-order valence-corrected chi connectivity index (χ0v) is 13.1. The highest BCUT2D eigenvalue weighted by Crippen LogP contribution is 2.31.